The van der Waals surface area contributed by atoms with Crippen LogP contribution in [-0.2, 0) is 10.0 Å². The number of aromatic hydroxyl groups is 1. The van der Waals surface area contributed by atoms with Crippen molar-refractivity contribution in [1.29, 1.82) is 0 Å². The molecule has 0 aliphatic carbocycles. The SMILES string of the molecule is Cc1cc(NS(=O)(=O)c2cc(Cl)sc2Cl)c(C)cc1O. The van der Waals surface area contributed by atoms with Crippen LogP contribution in [0.4, 0.5) is 5.69 Å². The maximum absolute atomic E-state index is 12.3. The summed E-state index contributed by atoms with van der Waals surface area (Å²) in [6.45, 7) is 3.38. The second kappa shape index (κ2) is 5.44. The van der Waals surface area contributed by atoms with Crippen molar-refractivity contribution in [2.75, 3.05) is 4.72 Å². The Bertz CT molecular complexity index is 769. The highest BCUT2D eigenvalue weighted by molar-refractivity contribution is 7.93. The van der Waals surface area contributed by atoms with Crippen molar-refractivity contribution in [2.45, 2.75) is 18.7 Å². The fraction of sp³-hybridized carbons (Fsp3) is 0.167. The maximum Gasteiger partial charge on any atom is 0.264 e. The van der Waals surface area contributed by atoms with Crippen molar-refractivity contribution in [1.82, 2.24) is 0 Å². The molecule has 1 aromatic carbocycles. The highest BCUT2D eigenvalue weighted by atomic mass is 35.5. The number of anilines is 1. The quantitative estimate of drug-likeness (QED) is 0.815. The van der Waals surface area contributed by atoms with E-state index in [1.807, 2.05) is 0 Å². The number of phenolic OH excluding ortho intramolecular Hbond substituents is 1. The van der Waals surface area contributed by atoms with Gasteiger partial charge in [-0.1, -0.05) is 23.2 Å². The van der Waals surface area contributed by atoms with Gasteiger partial charge in [0.25, 0.3) is 10.0 Å². The van der Waals surface area contributed by atoms with E-state index in [0.29, 0.717) is 21.2 Å². The number of hydrogen-bond donors (Lipinski definition) is 2. The van der Waals surface area contributed by atoms with E-state index in [0.717, 1.165) is 11.3 Å². The molecule has 20 heavy (non-hydrogen) atoms. The van der Waals surface area contributed by atoms with E-state index in [9.17, 15) is 13.5 Å². The van der Waals surface area contributed by atoms with Crippen LogP contribution in [0.5, 0.6) is 5.75 Å². The Balaban J connectivity index is 2.43. The average Bonchev–Trinajstić information content (AvgIpc) is 2.66. The molecular formula is C12H11Cl2NO3S2. The second-order valence-electron chi connectivity index (χ2n) is 4.25. The molecule has 0 aliphatic rings. The third-order valence-corrected chi connectivity index (χ3v) is 5.82. The van der Waals surface area contributed by atoms with Gasteiger partial charge in [-0.15, -0.1) is 11.3 Å². The lowest BCUT2D eigenvalue weighted by Gasteiger charge is -2.11. The van der Waals surface area contributed by atoms with E-state index in [2.05, 4.69) is 4.72 Å². The van der Waals surface area contributed by atoms with Gasteiger partial charge in [0.1, 0.15) is 15.0 Å². The Morgan fingerprint density at radius 3 is 2.35 bits per heavy atom. The topological polar surface area (TPSA) is 66.4 Å². The van der Waals surface area contributed by atoms with Crippen molar-refractivity contribution in [2.24, 2.45) is 0 Å². The van der Waals surface area contributed by atoms with Gasteiger partial charge in [0, 0.05) is 0 Å². The zero-order chi connectivity index (χ0) is 15.1. The molecule has 0 unspecified atom stereocenters. The highest BCUT2D eigenvalue weighted by Crippen LogP contribution is 2.35. The Kier molecular flexibility index (Phi) is 4.20. The molecular weight excluding hydrogens is 341 g/mol. The molecule has 108 valence electrons. The number of benzene rings is 1. The molecule has 0 amide bonds. The van der Waals surface area contributed by atoms with Gasteiger partial charge in [-0.2, -0.15) is 0 Å². The Morgan fingerprint density at radius 2 is 1.80 bits per heavy atom. The van der Waals surface area contributed by atoms with E-state index in [1.54, 1.807) is 19.9 Å². The third kappa shape index (κ3) is 3.03. The van der Waals surface area contributed by atoms with Gasteiger partial charge in [0.2, 0.25) is 0 Å². The molecule has 0 radical (unpaired) electrons. The van der Waals surface area contributed by atoms with Crippen LogP contribution in [0, 0.1) is 13.8 Å². The van der Waals surface area contributed by atoms with Crippen molar-refractivity contribution in [3.8, 4) is 5.75 Å². The minimum absolute atomic E-state index is 0.0562. The first-order valence-electron chi connectivity index (χ1n) is 5.48. The lowest BCUT2D eigenvalue weighted by Crippen LogP contribution is -2.13. The van der Waals surface area contributed by atoms with Gasteiger partial charge in [0.05, 0.1) is 10.0 Å². The predicted molar refractivity (Wildman–Crippen MR) is 82.7 cm³/mol. The highest BCUT2D eigenvalue weighted by Gasteiger charge is 2.22. The first-order chi connectivity index (χ1) is 9.20. The summed E-state index contributed by atoms with van der Waals surface area (Å²) in [6, 6.07) is 4.36. The maximum atomic E-state index is 12.3. The van der Waals surface area contributed by atoms with Crippen molar-refractivity contribution in [3.05, 3.63) is 38.0 Å². The molecule has 2 N–H and O–H groups in total. The van der Waals surface area contributed by atoms with Gasteiger partial charge < -0.3 is 5.11 Å². The molecule has 2 aromatic rings. The van der Waals surface area contributed by atoms with Crippen LogP contribution < -0.4 is 4.72 Å². The van der Waals surface area contributed by atoms with Crippen molar-refractivity contribution >= 4 is 50.2 Å². The van der Waals surface area contributed by atoms with Crippen LogP contribution in [0.1, 0.15) is 11.1 Å². The third-order valence-electron chi connectivity index (χ3n) is 2.70. The summed E-state index contributed by atoms with van der Waals surface area (Å²) in [6.07, 6.45) is 0. The monoisotopic (exact) mass is 351 g/mol. The molecule has 8 heteroatoms. The van der Waals surface area contributed by atoms with E-state index in [4.69, 9.17) is 23.2 Å². The lowest BCUT2D eigenvalue weighted by molar-refractivity contribution is 0.471. The predicted octanol–water partition coefficient (Wildman–Crippen LogP) is 4.18. The summed E-state index contributed by atoms with van der Waals surface area (Å²) in [5, 5.41) is 9.57. The summed E-state index contributed by atoms with van der Waals surface area (Å²) in [7, 11) is -3.81. The Morgan fingerprint density at radius 1 is 1.15 bits per heavy atom. The zero-order valence-corrected chi connectivity index (χ0v) is 13.7. The number of hydrogen-bond acceptors (Lipinski definition) is 4. The minimum Gasteiger partial charge on any atom is -0.508 e. The fourth-order valence-electron chi connectivity index (χ4n) is 1.62. The zero-order valence-electron chi connectivity index (χ0n) is 10.6. The van der Waals surface area contributed by atoms with Crippen LogP contribution in [0.2, 0.25) is 8.67 Å². The summed E-state index contributed by atoms with van der Waals surface area (Å²) < 4.78 is 27.4. The van der Waals surface area contributed by atoms with Crippen LogP contribution >= 0.6 is 34.5 Å². The molecule has 0 bridgehead atoms. The molecule has 0 spiro atoms. The van der Waals surface area contributed by atoms with Gasteiger partial charge in [-0.25, -0.2) is 8.42 Å². The number of aryl methyl sites for hydroxylation is 2. The molecule has 1 aromatic heterocycles. The average molecular weight is 352 g/mol. The van der Waals surface area contributed by atoms with Crippen LogP contribution in [0.25, 0.3) is 0 Å². The summed E-state index contributed by atoms with van der Waals surface area (Å²) >= 11 is 12.6. The van der Waals surface area contributed by atoms with E-state index in [1.165, 1.54) is 12.1 Å². The van der Waals surface area contributed by atoms with Crippen molar-refractivity contribution in [3.63, 3.8) is 0 Å². The number of halogens is 2. The molecule has 1 heterocycles. The number of sulfonamides is 1. The summed E-state index contributed by atoms with van der Waals surface area (Å²) in [4.78, 5) is -0.0562. The van der Waals surface area contributed by atoms with Crippen LogP contribution in [-0.4, -0.2) is 13.5 Å². The second-order valence-corrected chi connectivity index (χ2v) is 8.18. The van der Waals surface area contributed by atoms with Gasteiger partial charge in [0.15, 0.2) is 0 Å². The normalized spacial score (nSPS) is 11.6. The fourth-order valence-corrected chi connectivity index (χ4v) is 4.89. The molecule has 0 fully saturated rings. The van der Waals surface area contributed by atoms with E-state index >= 15 is 0 Å². The number of thiophene rings is 1. The largest absolute Gasteiger partial charge is 0.508 e. The molecule has 0 saturated carbocycles. The summed E-state index contributed by atoms with van der Waals surface area (Å²) in [5.41, 5.74) is 1.57. The van der Waals surface area contributed by atoms with Gasteiger partial charge in [-0.05, 0) is 43.2 Å². The molecule has 0 aliphatic heterocycles. The minimum atomic E-state index is -3.81. The Labute approximate surface area is 131 Å². The summed E-state index contributed by atoms with van der Waals surface area (Å²) in [5.74, 6) is 0.113. The van der Waals surface area contributed by atoms with Crippen LogP contribution in [0.3, 0.4) is 0 Å². The lowest BCUT2D eigenvalue weighted by atomic mass is 10.1. The first-order valence-corrected chi connectivity index (χ1v) is 8.54. The van der Waals surface area contributed by atoms with E-state index in [-0.39, 0.29) is 15.0 Å². The number of phenols is 1. The molecule has 2 rings (SSSR count). The number of rotatable bonds is 3. The molecule has 0 saturated heterocycles. The van der Waals surface area contributed by atoms with Gasteiger partial charge in [-0.3, -0.25) is 4.72 Å². The molecule has 0 atom stereocenters. The van der Waals surface area contributed by atoms with Gasteiger partial charge >= 0.3 is 0 Å². The van der Waals surface area contributed by atoms with Crippen LogP contribution in [0.15, 0.2) is 23.1 Å². The standard InChI is InChI=1S/C12H11Cl2NO3S2/c1-6-4-9(16)7(2)3-8(6)15-20(17,18)10-5-11(13)19-12(10)14/h3-5,15-16H,1-2H3. The first kappa shape index (κ1) is 15.4. The van der Waals surface area contributed by atoms with Crippen molar-refractivity contribution < 1.29 is 13.5 Å². The smallest absolute Gasteiger partial charge is 0.264 e. The molecule has 4 nitrogen and oxygen atoms in total. The van der Waals surface area contributed by atoms with E-state index < -0.39 is 10.0 Å². The Hall–Kier alpha value is -0.950. The number of nitrogens with one attached hydrogen (secondary N) is 1.